The van der Waals surface area contributed by atoms with Crippen molar-refractivity contribution in [2.24, 2.45) is 0 Å². The fraction of sp³-hybridized carbons (Fsp3) is 0.318. The van der Waals surface area contributed by atoms with Crippen molar-refractivity contribution in [1.82, 2.24) is 9.88 Å². The number of aromatic nitrogens is 1. The normalized spacial score (nSPS) is 14.4. The number of nitro benzene ring substituents is 2. The van der Waals surface area contributed by atoms with Crippen molar-refractivity contribution in [3.63, 3.8) is 0 Å². The molecule has 1 saturated heterocycles. The van der Waals surface area contributed by atoms with Gasteiger partial charge in [-0.3, -0.25) is 30.1 Å². The molecule has 1 N–H and O–H groups in total. The molecular weight excluding hydrogens is 448 g/mol. The molecular formula is C22H23ClN6O4. The number of fused-ring (bicyclic) bond motifs is 1. The van der Waals surface area contributed by atoms with Crippen LogP contribution in [0.25, 0.3) is 10.9 Å². The first-order valence-corrected chi connectivity index (χ1v) is 11.0. The maximum Gasteiger partial charge on any atom is 0.299 e. The lowest BCUT2D eigenvalue weighted by Crippen LogP contribution is -2.47. The molecule has 0 atom stereocenters. The Labute approximate surface area is 195 Å². The number of piperazine rings is 1. The fourth-order valence-electron chi connectivity index (χ4n) is 4.05. The summed E-state index contributed by atoms with van der Waals surface area (Å²) in [6.07, 6.45) is 2.70. The van der Waals surface area contributed by atoms with E-state index >= 15 is 0 Å². The predicted molar refractivity (Wildman–Crippen MR) is 128 cm³/mol. The molecule has 1 aromatic heterocycles. The summed E-state index contributed by atoms with van der Waals surface area (Å²) in [6.45, 7) is 4.49. The number of benzene rings is 2. The number of nitro groups is 2. The molecule has 10 nitrogen and oxygen atoms in total. The quantitative estimate of drug-likeness (QED) is 0.293. The summed E-state index contributed by atoms with van der Waals surface area (Å²) in [7, 11) is 0. The van der Waals surface area contributed by atoms with E-state index in [4.69, 9.17) is 11.6 Å². The topological polar surface area (TPSA) is 118 Å². The van der Waals surface area contributed by atoms with Crippen LogP contribution >= 0.6 is 11.6 Å². The van der Waals surface area contributed by atoms with Crippen LogP contribution in [-0.4, -0.2) is 59.0 Å². The van der Waals surface area contributed by atoms with Crippen molar-refractivity contribution in [3.8, 4) is 0 Å². The van der Waals surface area contributed by atoms with E-state index in [2.05, 4.69) is 15.2 Å². The third kappa shape index (κ3) is 5.29. The van der Waals surface area contributed by atoms with E-state index in [-0.39, 0.29) is 11.4 Å². The Hall–Kier alpha value is -3.50. The first-order valence-electron chi connectivity index (χ1n) is 10.6. The lowest BCUT2D eigenvalue weighted by Gasteiger charge is -2.35. The number of hydrogen-bond acceptors (Lipinski definition) is 8. The summed E-state index contributed by atoms with van der Waals surface area (Å²) >= 11 is 6.05. The van der Waals surface area contributed by atoms with Crippen molar-refractivity contribution in [3.05, 3.63) is 73.9 Å². The first-order chi connectivity index (χ1) is 15.9. The van der Waals surface area contributed by atoms with Crippen molar-refractivity contribution in [2.45, 2.75) is 6.42 Å². The standard InChI is InChI=1S/C22H23ClN6O4/c23-16-2-4-18-19(6-8-25-20(18)14-16)24-7-1-9-26-10-12-27(13-11-26)21-5-3-17(28(30)31)15-22(21)29(32)33/h2-6,8,14-15H,1,7,9-13H2,(H,24,25). The van der Waals surface area contributed by atoms with Crippen LogP contribution in [0.1, 0.15) is 6.42 Å². The number of rotatable bonds is 8. The maximum absolute atomic E-state index is 11.4. The van der Waals surface area contributed by atoms with E-state index in [1.54, 1.807) is 6.20 Å². The highest BCUT2D eigenvalue weighted by molar-refractivity contribution is 6.31. The molecule has 1 fully saturated rings. The number of non-ortho nitro benzene ring substituents is 1. The summed E-state index contributed by atoms with van der Waals surface area (Å²) in [5, 5.41) is 27.5. The Morgan fingerprint density at radius 1 is 1.00 bits per heavy atom. The molecule has 4 rings (SSSR count). The minimum atomic E-state index is -0.618. The number of nitrogens with zero attached hydrogens (tertiary/aromatic N) is 5. The molecule has 0 bridgehead atoms. The van der Waals surface area contributed by atoms with Gasteiger partial charge in [0, 0.05) is 61.1 Å². The van der Waals surface area contributed by atoms with Crippen molar-refractivity contribution in [1.29, 1.82) is 0 Å². The largest absolute Gasteiger partial charge is 0.384 e. The van der Waals surface area contributed by atoms with Gasteiger partial charge >= 0.3 is 0 Å². The predicted octanol–water partition coefficient (Wildman–Crippen LogP) is 4.33. The number of hydrogen-bond donors (Lipinski definition) is 1. The Morgan fingerprint density at radius 2 is 1.79 bits per heavy atom. The van der Waals surface area contributed by atoms with Crippen LogP contribution in [-0.2, 0) is 0 Å². The fourth-order valence-corrected chi connectivity index (χ4v) is 4.22. The van der Waals surface area contributed by atoms with E-state index in [9.17, 15) is 20.2 Å². The van der Waals surface area contributed by atoms with Crippen molar-refractivity contribution < 1.29 is 9.85 Å². The molecule has 172 valence electrons. The molecule has 11 heteroatoms. The molecule has 0 spiro atoms. The number of pyridine rings is 1. The smallest absolute Gasteiger partial charge is 0.299 e. The number of anilines is 2. The van der Waals surface area contributed by atoms with Gasteiger partial charge in [0.05, 0.1) is 21.4 Å². The Kier molecular flexibility index (Phi) is 6.85. The molecule has 1 aliphatic heterocycles. The van der Waals surface area contributed by atoms with Gasteiger partial charge in [0.1, 0.15) is 5.69 Å². The third-order valence-corrected chi connectivity index (χ3v) is 5.99. The van der Waals surface area contributed by atoms with E-state index < -0.39 is 9.85 Å². The minimum Gasteiger partial charge on any atom is -0.384 e. The molecule has 0 unspecified atom stereocenters. The van der Waals surface area contributed by atoms with E-state index in [0.717, 1.165) is 55.3 Å². The summed E-state index contributed by atoms with van der Waals surface area (Å²) in [6, 6.07) is 11.4. The van der Waals surface area contributed by atoms with E-state index in [0.29, 0.717) is 23.8 Å². The highest BCUT2D eigenvalue weighted by atomic mass is 35.5. The van der Waals surface area contributed by atoms with Crippen molar-refractivity contribution >= 4 is 45.3 Å². The first kappa shape index (κ1) is 22.7. The van der Waals surface area contributed by atoms with Crippen LogP contribution in [0.15, 0.2) is 48.7 Å². The average Bonchev–Trinajstić information content (AvgIpc) is 2.81. The maximum atomic E-state index is 11.4. The van der Waals surface area contributed by atoms with Gasteiger partial charge in [-0.05, 0) is 43.3 Å². The van der Waals surface area contributed by atoms with Crippen LogP contribution in [0.5, 0.6) is 0 Å². The molecule has 0 radical (unpaired) electrons. The van der Waals surface area contributed by atoms with Gasteiger partial charge in [0.15, 0.2) is 0 Å². The number of halogens is 1. The summed E-state index contributed by atoms with van der Waals surface area (Å²) < 4.78 is 0. The van der Waals surface area contributed by atoms with Gasteiger partial charge < -0.3 is 10.2 Å². The van der Waals surface area contributed by atoms with Gasteiger partial charge in [-0.1, -0.05) is 11.6 Å². The summed E-state index contributed by atoms with van der Waals surface area (Å²) in [4.78, 5) is 29.8. The zero-order valence-corrected chi connectivity index (χ0v) is 18.6. The molecule has 33 heavy (non-hydrogen) atoms. The zero-order valence-electron chi connectivity index (χ0n) is 17.8. The number of nitrogens with one attached hydrogen (secondary N) is 1. The van der Waals surface area contributed by atoms with Gasteiger partial charge in [-0.25, -0.2) is 0 Å². The van der Waals surface area contributed by atoms with E-state index in [1.165, 1.54) is 12.1 Å². The second-order valence-corrected chi connectivity index (χ2v) is 8.25. The minimum absolute atomic E-state index is 0.229. The summed E-state index contributed by atoms with van der Waals surface area (Å²) in [5.41, 5.74) is 1.79. The second kappa shape index (κ2) is 9.97. The molecule has 2 aromatic carbocycles. The van der Waals surface area contributed by atoms with Crippen LogP contribution < -0.4 is 10.2 Å². The van der Waals surface area contributed by atoms with Crippen LogP contribution in [0, 0.1) is 20.2 Å². The van der Waals surface area contributed by atoms with Crippen LogP contribution in [0.2, 0.25) is 5.02 Å². The molecule has 1 aliphatic rings. The van der Waals surface area contributed by atoms with E-state index in [1.807, 2.05) is 29.2 Å². The highest BCUT2D eigenvalue weighted by Gasteiger charge is 2.26. The Morgan fingerprint density at radius 3 is 2.52 bits per heavy atom. The van der Waals surface area contributed by atoms with Gasteiger partial charge in [0.2, 0.25) is 0 Å². The Balaban J connectivity index is 1.28. The lowest BCUT2D eigenvalue weighted by molar-refractivity contribution is -0.393. The third-order valence-electron chi connectivity index (χ3n) is 5.75. The zero-order chi connectivity index (χ0) is 23.4. The molecule has 2 heterocycles. The molecule has 3 aromatic rings. The summed E-state index contributed by atoms with van der Waals surface area (Å²) in [5.74, 6) is 0. The second-order valence-electron chi connectivity index (χ2n) is 7.82. The molecule has 0 saturated carbocycles. The van der Waals surface area contributed by atoms with Gasteiger partial charge in [-0.15, -0.1) is 0 Å². The molecule has 0 amide bonds. The Bertz CT molecular complexity index is 1180. The van der Waals surface area contributed by atoms with Gasteiger partial charge in [0.25, 0.3) is 11.4 Å². The highest BCUT2D eigenvalue weighted by Crippen LogP contribution is 2.32. The average molecular weight is 471 g/mol. The monoisotopic (exact) mass is 470 g/mol. The van der Waals surface area contributed by atoms with Gasteiger partial charge in [-0.2, -0.15) is 0 Å². The SMILES string of the molecule is O=[N+]([O-])c1ccc(N2CCN(CCCNc3ccnc4cc(Cl)ccc34)CC2)c([N+](=O)[O-])c1. The molecule has 0 aliphatic carbocycles. The van der Waals surface area contributed by atoms with Crippen LogP contribution in [0.4, 0.5) is 22.7 Å². The van der Waals surface area contributed by atoms with Crippen molar-refractivity contribution in [2.75, 3.05) is 49.5 Å². The van der Waals surface area contributed by atoms with Crippen LogP contribution in [0.3, 0.4) is 0 Å². The lowest BCUT2D eigenvalue weighted by atomic mass is 10.2.